The molecule has 3 aromatic rings. The van der Waals surface area contributed by atoms with Gasteiger partial charge in [0.2, 0.25) is 0 Å². The van der Waals surface area contributed by atoms with Gasteiger partial charge in [0.15, 0.2) is 46.7 Å². The van der Waals surface area contributed by atoms with Crippen molar-refractivity contribution in [1.82, 2.24) is 0 Å². The molecule has 0 spiro atoms. The van der Waals surface area contributed by atoms with Crippen molar-refractivity contribution in [3.8, 4) is 34.5 Å². The van der Waals surface area contributed by atoms with Gasteiger partial charge >= 0.3 is 0 Å². The van der Waals surface area contributed by atoms with Crippen LogP contribution in [0, 0.1) is 11.8 Å². The number of aliphatic hydroxyl groups excluding tert-OH is 1. The van der Waals surface area contributed by atoms with Crippen LogP contribution in [-0.2, 0) is 9.47 Å². The Kier molecular flexibility index (Phi) is 5.55. The average Bonchev–Trinajstić information content (AvgIpc) is 3.49. The lowest BCUT2D eigenvalue weighted by Gasteiger charge is -2.34. The minimum atomic E-state index is -0.713. The highest BCUT2D eigenvalue weighted by Gasteiger charge is 2.48. The Balaban J connectivity index is 1.23. The van der Waals surface area contributed by atoms with Crippen molar-refractivity contribution in [1.29, 1.82) is 0 Å². The first-order valence-electron chi connectivity index (χ1n) is 11.8. The maximum Gasteiger partial charge on any atom is 0.163 e. The van der Waals surface area contributed by atoms with Gasteiger partial charge in [0.1, 0.15) is 0 Å². The maximum absolute atomic E-state index is 9.96. The molecule has 6 atom stereocenters. The van der Waals surface area contributed by atoms with Gasteiger partial charge in [-0.2, -0.15) is 0 Å². The Labute approximate surface area is 206 Å². The Hall–Kier alpha value is -3.66. The number of aliphatic hydroxyl groups is 1. The van der Waals surface area contributed by atoms with E-state index in [-0.39, 0.29) is 53.6 Å². The van der Waals surface area contributed by atoms with Crippen LogP contribution >= 0.6 is 0 Å². The number of aromatic hydroxyl groups is 4. The number of rotatable bonds is 4. The van der Waals surface area contributed by atoms with Crippen molar-refractivity contribution < 1.29 is 44.5 Å². The lowest BCUT2D eigenvalue weighted by atomic mass is 9.85. The third-order valence-corrected chi connectivity index (χ3v) is 7.27. The summed E-state index contributed by atoms with van der Waals surface area (Å²) >= 11 is 0. The minimum Gasteiger partial charge on any atom is -0.504 e. The van der Waals surface area contributed by atoms with E-state index in [1.54, 1.807) is 18.2 Å². The summed E-state index contributed by atoms with van der Waals surface area (Å²) in [6.45, 7) is 0.666. The van der Waals surface area contributed by atoms with Gasteiger partial charge in [-0.25, -0.2) is 0 Å². The summed E-state index contributed by atoms with van der Waals surface area (Å²) in [5, 5.41) is 49.0. The molecule has 0 aliphatic carbocycles. The zero-order valence-electron chi connectivity index (χ0n) is 19.2. The van der Waals surface area contributed by atoms with Gasteiger partial charge in [-0.05, 0) is 47.5 Å². The van der Waals surface area contributed by atoms with Crippen LogP contribution in [-0.4, -0.2) is 51.5 Å². The third-order valence-electron chi connectivity index (χ3n) is 7.27. The zero-order chi connectivity index (χ0) is 25.0. The van der Waals surface area contributed by atoms with Crippen LogP contribution in [0.1, 0.15) is 35.0 Å². The smallest absolute Gasteiger partial charge is 0.163 e. The molecule has 36 heavy (non-hydrogen) atoms. The van der Waals surface area contributed by atoms with Gasteiger partial charge in [-0.3, -0.25) is 0 Å². The summed E-state index contributed by atoms with van der Waals surface area (Å²) < 4.78 is 24.5. The van der Waals surface area contributed by atoms with E-state index in [4.69, 9.17) is 18.9 Å². The van der Waals surface area contributed by atoms with E-state index in [0.29, 0.717) is 30.3 Å². The summed E-state index contributed by atoms with van der Waals surface area (Å²) in [4.78, 5) is 0. The Bertz CT molecular complexity index is 1290. The van der Waals surface area contributed by atoms with Crippen LogP contribution in [0.4, 0.5) is 0 Å². The fourth-order valence-electron chi connectivity index (χ4n) is 5.41. The van der Waals surface area contributed by atoms with Crippen LogP contribution in [0.25, 0.3) is 0 Å². The number of ether oxygens (including phenoxy) is 4. The molecule has 6 rings (SSSR count). The molecular weight excluding hydrogens is 468 g/mol. The van der Waals surface area contributed by atoms with E-state index in [0.717, 1.165) is 11.1 Å². The highest BCUT2D eigenvalue weighted by Crippen LogP contribution is 2.52. The molecule has 0 amide bonds. The molecule has 2 fully saturated rings. The molecule has 5 N–H and O–H groups in total. The van der Waals surface area contributed by atoms with Crippen molar-refractivity contribution in [2.45, 2.75) is 24.4 Å². The highest BCUT2D eigenvalue weighted by atomic mass is 16.6. The highest BCUT2D eigenvalue weighted by molar-refractivity contribution is 5.48. The van der Waals surface area contributed by atoms with Crippen molar-refractivity contribution in [3.05, 3.63) is 71.3 Å². The zero-order valence-corrected chi connectivity index (χ0v) is 19.2. The van der Waals surface area contributed by atoms with E-state index < -0.39 is 12.2 Å². The van der Waals surface area contributed by atoms with Crippen molar-refractivity contribution in [2.24, 2.45) is 11.8 Å². The lowest BCUT2D eigenvalue weighted by molar-refractivity contribution is -0.0130. The van der Waals surface area contributed by atoms with Crippen LogP contribution < -0.4 is 9.47 Å². The predicted molar refractivity (Wildman–Crippen MR) is 125 cm³/mol. The molecule has 188 valence electrons. The van der Waals surface area contributed by atoms with E-state index >= 15 is 0 Å². The molecule has 6 unspecified atom stereocenters. The summed E-state index contributed by atoms with van der Waals surface area (Å²) in [5.74, 6) is 0.292. The molecule has 0 radical (unpaired) electrons. The molecule has 3 aromatic carbocycles. The molecule has 3 heterocycles. The molecule has 9 heteroatoms. The molecule has 0 aromatic heterocycles. The second kappa shape index (κ2) is 8.77. The summed E-state index contributed by atoms with van der Waals surface area (Å²) in [5.41, 5.74) is 2.26. The number of hydrogen-bond acceptors (Lipinski definition) is 9. The van der Waals surface area contributed by atoms with Gasteiger partial charge in [-0.1, -0.05) is 18.2 Å². The third kappa shape index (κ3) is 3.76. The molecule has 9 nitrogen and oxygen atoms in total. The standard InChI is InChI=1S/C27H26O9/c28-10-24-27(14-2-5-19(30)21(32)8-14)36-22-6-3-15(9-23(22)35-24)26-17-12-33-25(16(17)11-34-26)13-1-4-18(29)20(31)7-13/h1-9,16-17,24-32H,10-12H2. The van der Waals surface area contributed by atoms with Crippen LogP contribution in [0.2, 0.25) is 0 Å². The topological polar surface area (TPSA) is 138 Å². The Morgan fingerprint density at radius 2 is 1.11 bits per heavy atom. The normalized spacial score (nSPS) is 28.7. The average molecular weight is 494 g/mol. The van der Waals surface area contributed by atoms with E-state index in [9.17, 15) is 25.5 Å². The first-order chi connectivity index (χ1) is 17.4. The van der Waals surface area contributed by atoms with E-state index in [1.807, 2.05) is 12.1 Å². The first kappa shape index (κ1) is 22.8. The Morgan fingerprint density at radius 1 is 0.583 bits per heavy atom. The maximum atomic E-state index is 9.96. The first-order valence-corrected chi connectivity index (χ1v) is 11.8. The molecule has 3 aliphatic heterocycles. The number of phenolic OH excluding ortho intramolecular Hbond substituents is 4. The molecule has 2 saturated heterocycles. The summed E-state index contributed by atoms with van der Waals surface area (Å²) in [6, 6.07) is 14.7. The summed E-state index contributed by atoms with van der Waals surface area (Å²) in [6.07, 6.45) is -1.85. The predicted octanol–water partition coefficient (Wildman–Crippen LogP) is 3.46. The quantitative estimate of drug-likeness (QED) is 0.345. The van der Waals surface area contributed by atoms with Crippen LogP contribution in [0.15, 0.2) is 54.6 Å². The fourth-order valence-corrected chi connectivity index (χ4v) is 5.41. The molecule has 0 bridgehead atoms. The number of fused-ring (bicyclic) bond motifs is 2. The summed E-state index contributed by atoms with van der Waals surface area (Å²) in [7, 11) is 0. The monoisotopic (exact) mass is 494 g/mol. The van der Waals surface area contributed by atoms with Crippen molar-refractivity contribution in [3.63, 3.8) is 0 Å². The second-order valence-corrected chi connectivity index (χ2v) is 9.42. The van der Waals surface area contributed by atoms with E-state index in [2.05, 4.69) is 0 Å². The fraction of sp³-hybridized carbons (Fsp3) is 0.333. The van der Waals surface area contributed by atoms with Gasteiger partial charge in [-0.15, -0.1) is 0 Å². The van der Waals surface area contributed by atoms with Gasteiger partial charge < -0.3 is 44.5 Å². The SMILES string of the molecule is OCC1Oc2cc(C3OCC4C(c5ccc(O)c(O)c5)OCC34)ccc2OC1c1ccc(O)c(O)c1. The van der Waals surface area contributed by atoms with Crippen molar-refractivity contribution >= 4 is 0 Å². The van der Waals surface area contributed by atoms with Gasteiger partial charge in [0.05, 0.1) is 32.0 Å². The van der Waals surface area contributed by atoms with Crippen LogP contribution in [0.3, 0.4) is 0 Å². The number of hydrogen-bond donors (Lipinski definition) is 5. The van der Waals surface area contributed by atoms with Gasteiger partial charge in [0.25, 0.3) is 0 Å². The molecular formula is C27H26O9. The Morgan fingerprint density at radius 3 is 1.67 bits per heavy atom. The molecule has 0 saturated carbocycles. The number of benzene rings is 3. The van der Waals surface area contributed by atoms with Gasteiger partial charge in [0, 0.05) is 17.4 Å². The van der Waals surface area contributed by atoms with Crippen LogP contribution in [0.5, 0.6) is 34.5 Å². The number of phenols is 4. The second-order valence-electron chi connectivity index (χ2n) is 9.42. The van der Waals surface area contributed by atoms with Crippen molar-refractivity contribution in [2.75, 3.05) is 19.8 Å². The molecule has 3 aliphatic rings. The van der Waals surface area contributed by atoms with E-state index in [1.165, 1.54) is 24.3 Å². The minimum absolute atomic E-state index is 0.0869. The lowest BCUT2D eigenvalue weighted by Crippen LogP contribution is -2.36. The largest absolute Gasteiger partial charge is 0.504 e.